The molecule has 0 spiro atoms. The summed E-state index contributed by atoms with van der Waals surface area (Å²) in [5, 5.41) is 10.1. The zero-order chi connectivity index (χ0) is 11.6. The van der Waals surface area contributed by atoms with Gasteiger partial charge in [0, 0.05) is 11.4 Å². The number of phenols is 1. The minimum Gasteiger partial charge on any atom is -0.506 e. The highest BCUT2D eigenvalue weighted by Crippen LogP contribution is 2.32. The summed E-state index contributed by atoms with van der Waals surface area (Å²) >= 11 is 11.5. The van der Waals surface area contributed by atoms with Crippen LogP contribution in [-0.4, -0.2) is 10.9 Å². The summed E-state index contributed by atoms with van der Waals surface area (Å²) in [4.78, 5) is 11.7. The predicted molar refractivity (Wildman–Crippen MR) is 61.9 cm³/mol. The third-order valence-electron chi connectivity index (χ3n) is 1.92. The van der Waals surface area contributed by atoms with Gasteiger partial charge < -0.3 is 5.11 Å². The van der Waals surface area contributed by atoms with Crippen molar-refractivity contribution in [2.75, 3.05) is 0 Å². The van der Waals surface area contributed by atoms with Crippen LogP contribution in [-0.2, 0) is 0 Å². The number of aromatic hydroxyl groups is 1. The molecule has 0 aliphatic rings. The standard InChI is InChI=1S/C11H12Cl2O2/c1-6(2)3-10(14)8-4-7(12)5-9(13)11(8)15/h4-6,15H,3H2,1-2H3. The molecule has 82 valence electrons. The molecule has 0 saturated heterocycles. The van der Waals surface area contributed by atoms with Gasteiger partial charge in [0.15, 0.2) is 5.78 Å². The van der Waals surface area contributed by atoms with E-state index in [4.69, 9.17) is 23.2 Å². The van der Waals surface area contributed by atoms with Crippen molar-refractivity contribution in [3.05, 3.63) is 27.7 Å². The average molecular weight is 247 g/mol. The Kier molecular flexibility index (Phi) is 4.00. The SMILES string of the molecule is CC(C)CC(=O)c1cc(Cl)cc(Cl)c1O. The normalized spacial score (nSPS) is 10.7. The Morgan fingerprint density at radius 1 is 1.40 bits per heavy atom. The largest absolute Gasteiger partial charge is 0.506 e. The van der Waals surface area contributed by atoms with Crippen molar-refractivity contribution < 1.29 is 9.90 Å². The Bertz CT molecular complexity index is 386. The first-order chi connectivity index (χ1) is 6.91. The van der Waals surface area contributed by atoms with Gasteiger partial charge in [0.2, 0.25) is 0 Å². The van der Waals surface area contributed by atoms with Gasteiger partial charge in [-0.25, -0.2) is 0 Å². The highest BCUT2D eigenvalue weighted by atomic mass is 35.5. The number of carbonyl (C=O) groups is 1. The number of carbonyl (C=O) groups excluding carboxylic acids is 1. The molecule has 15 heavy (non-hydrogen) atoms. The first-order valence-electron chi connectivity index (χ1n) is 4.63. The van der Waals surface area contributed by atoms with Gasteiger partial charge in [0.05, 0.1) is 10.6 Å². The fraction of sp³-hybridized carbons (Fsp3) is 0.364. The topological polar surface area (TPSA) is 37.3 Å². The van der Waals surface area contributed by atoms with Crippen LogP contribution in [0.2, 0.25) is 10.0 Å². The number of hydrogen-bond acceptors (Lipinski definition) is 2. The van der Waals surface area contributed by atoms with Crippen LogP contribution < -0.4 is 0 Å². The molecule has 2 nitrogen and oxygen atoms in total. The van der Waals surface area contributed by atoms with E-state index >= 15 is 0 Å². The van der Waals surface area contributed by atoms with E-state index in [1.165, 1.54) is 12.1 Å². The third-order valence-corrected chi connectivity index (χ3v) is 2.43. The summed E-state index contributed by atoms with van der Waals surface area (Å²) in [5.74, 6) is -0.103. The molecule has 0 fully saturated rings. The monoisotopic (exact) mass is 246 g/mol. The fourth-order valence-electron chi connectivity index (χ4n) is 1.26. The number of benzene rings is 1. The van der Waals surface area contributed by atoms with Gasteiger partial charge in [0.25, 0.3) is 0 Å². The number of rotatable bonds is 3. The van der Waals surface area contributed by atoms with Crippen LogP contribution in [0.4, 0.5) is 0 Å². The fourth-order valence-corrected chi connectivity index (χ4v) is 1.75. The van der Waals surface area contributed by atoms with E-state index in [9.17, 15) is 9.90 Å². The van der Waals surface area contributed by atoms with Crippen LogP contribution in [0.25, 0.3) is 0 Å². The highest BCUT2D eigenvalue weighted by Gasteiger charge is 2.16. The lowest BCUT2D eigenvalue weighted by molar-refractivity contribution is 0.0965. The Hall–Kier alpha value is -0.730. The number of ketones is 1. The summed E-state index contributed by atoms with van der Waals surface area (Å²) in [6.07, 6.45) is 0.365. The first kappa shape index (κ1) is 12.3. The van der Waals surface area contributed by atoms with Crippen LogP contribution in [0.5, 0.6) is 5.75 Å². The quantitative estimate of drug-likeness (QED) is 0.821. The Labute approximate surface area is 98.8 Å². The smallest absolute Gasteiger partial charge is 0.166 e. The van der Waals surface area contributed by atoms with Crippen molar-refractivity contribution in [2.45, 2.75) is 20.3 Å². The summed E-state index contributed by atoms with van der Waals surface area (Å²) in [7, 11) is 0. The van der Waals surface area contributed by atoms with Crippen molar-refractivity contribution in [1.29, 1.82) is 0 Å². The number of halogens is 2. The zero-order valence-electron chi connectivity index (χ0n) is 8.55. The van der Waals surface area contributed by atoms with E-state index < -0.39 is 0 Å². The van der Waals surface area contributed by atoms with E-state index in [1.807, 2.05) is 13.8 Å². The van der Waals surface area contributed by atoms with Gasteiger partial charge in [-0.3, -0.25) is 4.79 Å². The predicted octanol–water partition coefficient (Wildman–Crippen LogP) is 3.93. The van der Waals surface area contributed by atoms with Gasteiger partial charge in [-0.15, -0.1) is 0 Å². The van der Waals surface area contributed by atoms with Gasteiger partial charge in [0.1, 0.15) is 5.75 Å². The molecule has 1 aromatic carbocycles. The number of phenolic OH excluding ortho intramolecular Hbond substituents is 1. The molecule has 0 aliphatic carbocycles. The maximum Gasteiger partial charge on any atom is 0.166 e. The Morgan fingerprint density at radius 2 is 2.00 bits per heavy atom. The van der Waals surface area contributed by atoms with Crippen LogP contribution >= 0.6 is 23.2 Å². The molecular weight excluding hydrogens is 235 g/mol. The molecule has 0 unspecified atom stereocenters. The molecule has 0 atom stereocenters. The third kappa shape index (κ3) is 3.11. The van der Waals surface area contributed by atoms with Crippen molar-refractivity contribution in [3.63, 3.8) is 0 Å². The molecule has 1 rings (SSSR count). The molecule has 1 N–H and O–H groups in total. The zero-order valence-corrected chi connectivity index (χ0v) is 10.1. The molecule has 0 amide bonds. The van der Waals surface area contributed by atoms with Crippen LogP contribution in [0, 0.1) is 5.92 Å². The molecule has 0 bridgehead atoms. The molecule has 0 aromatic heterocycles. The molecule has 1 aromatic rings. The van der Waals surface area contributed by atoms with Crippen molar-refractivity contribution in [1.82, 2.24) is 0 Å². The maximum atomic E-state index is 11.7. The minimum absolute atomic E-state index is 0.106. The summed E-state index contributed by atoms with van der Waals surface area (Å²) in [6, 6.07) is 2.85. The summed E-state index contributed by atoms with van der Waals surface area (Å²) < 4.78 is 0. The maximum absolute atomic E-state index is 11.7. The van der Waals surface area contributed by atoms with Gasteiger partial charge in [-0.1, -0.05) is 37.0 Å². The molecule has 0 aliphatic heterocycles. The van der Waals surface area contributed by atoms with Gasteiger partial charge in [-0.2, -0.15) is 0 Å². The lowest BCUT2D eigenvalue weighted by atomic mass is 10.0. The van der Waals surface area contributed by atoms with E-state index in [-0.39, 0.29) is 28.0 Å². The van der Waals surface area contributed by atoms with Crippen LogP contribution in [0.3, 0.4) is 0 Å². The lowest BCUT2D eigenvalue weighted by Gasteiger charge is -2.07. The van der Waals surface area contributed by atoms with Crippen LogP contribution in [0.15, 0.2) is 12.1 Å². The lowest BCUT2D eigenvalue weighted by Crippen LogP contribution is -2.04. The first-order valence-corrected chi connectivity index (χ1v) is 5.38. The van der Waals surface area contributed by atoms with Crippen molar-refractivity contribution in [2.24, 2.45) is 5.92 Å². The van der Waals surface area contributed by atoms with Crippen molar-refractivity contribution >= 4 is 29.0 Å². The molecule has 4 heteroatoms. The Balaban J connectivity index is 3.08. The van der Waals surface area contributed by atoms with Gasteiger partial charge >= 0.3 is 0 Å². The average Bonchev–Trinajstić information content (AvgIpc) is 2.09. The molecular formula is C11H12Cl2O2. The molecule has 0 heterocycles. The van der Waals surface area contributed by atoms with Crippen molar-refractivity contribution in [3.8, 4) is 5.75 Å². The van der Waals surface area contributed by atoms with E-state index in [0.29, 0.717) is 11.4 Å². The van der Waals surface area contributed by atoms with Gasteiger partial charge in [-0.05, 0) is 18.1 Å². The number of Topliss-reactive ketones (excluding diaryl/α,β-unsaturated/α-hetero) is 1. The summed E-state index contributed by atoms with van der Waals surface area (Å²) in [6.45, 7) is 3.86. The highest BCUT2D eigenvalue weighted by molar-refractivity contribution is 6.36. The second-order valence-electron chi connectivity index (χ2n) is 3.80. The molecule has 0 saturated carbocycles. The van der Waals surface area contributed by atoms with E-state index in [0.717, 1.165) is 0 Å². The summed E-state index contributed by atoms with van der Waals surface area (Å²) in [5.41, 5.74) is 0.196. The minimum atomic E-state index is -0.188. The van der Waals surface area contributed by atoms with Crippen LogP contribution in [0.1, 0.15) is 30.6 Å². The Morgan fingerprint density at radius 3 is 2.53 bits per heavy atom. The second kappa shape index (κ2) is 4.86. The van der Waals surface area contributed by atoms with E-state index in [2.05, 4.69) is 0 Å². The number of hydrogen-bond donors (Lipinski definition) is 1. The molecule has 0 radical (unpaired) electrons. The van der Waals surface area contributed by atoms with E-state index in [1.54, 1.807) is 0 Å². The second-order valence-corrected chi connectivity index (χ2v) is 4.65.